The van der Waals surface area contributed by atoms with Gasteiger partial charge in [0.05, 0.1) is 30.7 Å². The van der Waals surface area contributed by atoms with Gasteiger partial charge in [0.15, 0.2) is 0 Å². The summed E-state index contributed by atoms with van der Waals surface area (Å²) in [4.78, 5) is 30.2. The van der Waals surface area contributed by atoms with Crippen LogP contribution in [0, 0.1) is 6.92 Å². The fourth-order valence-corrected chi connectivity index (χ4v) is 2.01. The summed E-state index contributed by atoms with van der Waals surface area (Å²) in [7, 11) is 0. The van der Waals surface area contributed by atoms with Gasteiger partial charge in [-0.05, 0) is 24.6 Å². The largest absolute Gasteiger partial charge is 0.480 e. The van der Waals surface area contributed by atoms with Crippen molar-refractivity contribution in [3.05, 3.63) is 29.6 Å². The summed E-state index contributed by atoms with van der Waals surface area (Å²) >= 11 is 0. The van der Waals surface area contributed by atoms with E-state index in [1.54, 1.807) is 0 Å². The maximum atomic E-state index is 10.7. The zero-order chi connectivity index (χ0) is 14.7. The number of carbonyl (C=O) groups is 2. The second kappa shape index (κ2) is 5.70. The van der Waals surface area contributed by atoms with E-state index in [0.29, 0.717) is 5.82 Å². The smallest absolute Gasteiger partial charge is 0.317 e. The first kappa shape index (κ1) is 14.0. The Morgan fingerprint density at radius 1 is 1.25 bits per heavy atom. The van der Waals surface area contributed by atoms with Gasteiger partial charge < -0.3 is 15.2 Å². The van der Waals surface area contributed by atoms with E-state index in [4.69, 9.17) is 10.2 Å². The highest BCUT2D eigenvalue weighted by atomic mass is 16.4. The lowest BCUT2D eigenvalue weighted by Crippen LogP contribution is -2.34. The molecule has 106 valence electrons. The molecule has 0 aliphatic carbocycles. The maximum absolute atomic E-state index is 10.7. The number of imidazole rings is 1. The summed E-state index contributed by atoms with van der Waals surface area (Å²) in [6.45, 7) is 1.41. The first-order chi connectivity index (χ1) is 9.44. The van der Waals surface area contributed by atoms with E-state index < -0.39 is 11.9 Å². The molecule has 0 aliphatic rings. The molecule has 0 saturated heterocycles. The molecule has 1 heterocycles. The minimum Gasteiger partial charge on any atom is -0.480 e. The van der Waals surface area contributed by atoms with E-state index in [1.807, 2.05) is 25.1 Å². The average molecular weight is 277 g/mol. The molecule has 3 N–H and O–H groups in total. The number of fused-ring (bicyclic) bond motifs is 1. The van der Waals surface area contributed by atoms with E-state index in [2.05, 4.69) is 9.97 Å². The number of rotatable bonds is 6. The summed E-state index contributed by atoms with van der Waals surface area (Å²) in [5.41, 5.74) is 2.71. The van der Waals surface area contributed by atoms with Crippen molar-refractivity contribution in [1.82, 2.24) is 14.9 Å². The number of H-pyrrole nitrogens is 1. The number of nitrogens with zero attached hydrogens (tertiary/aromatic N) is 2. The first-order valence-corrected chi connectivity index (χ1v) is 6.05. The van der Waals surface area contributed by atoms with Crippen LogP contribution in [0.25, 0.3) is 11.0 Å². The Bertz CT molecular complexity index is 634. The van der Waals surface area contributed by atoms with Crippen LogP contribution in [0.2, 0.25) is 0 Å². The van der Waals surface area contributed by atoms with Crippen LogP contribution in [0.15, 0.2) is 18.2 Å². The van der Waals surface area contributed by atoms with Gasteiger partial charge in [0.25, 0.3) is 0 Å². The number of aromatic amines is 1. The van der Waals surface area contributed by atoms with E-state index >= 15 is 0 Å². The van der Waals surface area contributed by atoms with Gasteiger partial charge in [0, 0.05) is 0 Å². The minimum absolute atomic E-state index is 0.145. The predicted molar refractivity (Wildman–Crippen MR) is 71.4 cm³/mol. The first-order valence-electron chi connectivity index (χ1n) is 6.05. The van der Waals surface area contributed by atoms with Crippen LogP contribution < -0.4 is 0 Å². The zero-order valence-electron chi connectivity index (χ0n) is 11.0. The SMILES string of the molecule is Cc1ccc2nc(CN(CC(=O)O)CC(=O)O)[nH]c2c1. The van der Waals surface area contributed by atoms with Crippen LogP contribution in [-0.4, -0.2) is 50.1 Å². The molecule has 0 unspecified atom stereocenters. The molecule has 7 heteroatoms. The van der Waals surface area contributed by atoms with Crippen molar-refractivity contribution in [2.75, 3.05) is 13.1 Å². The van der Waals surface area contributed by atoms with Crippen molar-refractivity contribution in [2.24, 2.45) is 0 Å². The molecule has 0 bridgehead atoms. The Kier molecular flexibility index (Phi) is 3.99. The van der Waals surface area contributed by atoms with E-state index in [1.165, 1.54) is 4.90 Å². The van der Waals surface area contributed by atoms with Gasteiger partial charge in [0.1, 0.15) is 5.82 Å². The van der Waals surface area contributed by atoms with Gasteiger partial charge in [-0.1, -0.05) is 6.07 Å². The third kappa shape index (κ3) is 3.55. The summed E-state index contributed by atoms with van der Waals surface area (Å²) in [6, 6.07) is 5.73. The number of nitrogens with one attached hydrogen (secondary N) is 1. The highest BCUT2D eigenvalue weighted by molar-refractivity contribution is 5.76. The summed E-state index contributed by atoms with van der Waals surface area (Å²) in [6.07, 6.45) is 0. The number of hydrogen-bond acceptors (Lipinski definition) is 4. The number of hydrogen-bond donors (Lipinski definition) is 3. The normalized spacial score (nSPS) is 11.1. The van der Waals surface area contributed by atoms with E-state index in [-0.39, 0.29) is 19.6 Å². The lowest BCUT2D eigenvalue weighted by Gasteiger charge is -2.15. The van der Waals surface area contributed by atoms with Crippen molar-refractivity contribution in [1.29, 1.82) is 0 Å². The molecule has 0 amide bonds. The van der Waals surface area contributed by atoms with Crippen LogP contribution in [0.1, 0.15) is 11.4 Å². The topological polar surface area (TPSA) is 107 Å². The van der Waals surface area contributed by atoms with Gasteiger partial charge >= 0.3 is 11.9 Å². The second-order valence-corrected chi connectivity index (χ2v) is 4.64. The van der Waals surface area contributed by atoms with Gasteiger partial charge in [-0.15, -0.1) is 0 Å². The summed E-state index contributed by atoms with van der Waals surface area (Å²) in [5.74, 6) is -1.59. The second-order valence-electron chi connectivity index (χ2n) is 4.64. The molecule has 20 heavy (non-hydrogen) atoms. The van der Waals surface area contributed by atoms with Crippen LogP contribution in [0.4, 0.5) is 0 Å². The lowest BCUT2D eigenvalue weighted by molar-refractivity contribution is -0.142. The number of benzene rings is 1. The molecule has 0 radical (unpaired) electrons. The van der Waals surface area contributed by atoms with Crippen LogP contribution >= 0.6 is 0 Å². The fourth-order valence-electron chi connectivity index (χ4n) is 2.01. The van der Waals surface area contributed by atoms with Crippen LogP contribution in [-0.2, 0) is 16.1 Å². The molecule has 0 saturated carbocycles. The number of aryl methyl sites for hydroxylation is 1. The summed E-state index contributed by atoms with van der Waals surface area (Å²) in [5, 5.41) is 17.6. The molecule has 1 aromatic heterocycles. The minimum atomic E-state index is -1.07. The third-order valence-electron chi connectivity index (χ3n) is 2.78. The van der Waals surface area contributed by atoms with Crippen LogP contribution in [0.3, 0.4) is 0 Å². The molecule has 0 aliphatic heterocycles. The Balaban J connectivity index is 2.18. The van der Waals surface area contributed by atoms with Gasteiger partial charge in [0.2, 0.25) is 0 Å². The Morgan fingerprint density at radius 3 is 2.50 bits per heavy atom. The van der Waals surface area contributed by atoms with Gasteiger partial charge in [-0.3, -0.25) is 14.5 Å². The molecule has 1 aromatic carbocycles. The van der Waals surface area contributed by atoms with Crippen LogP contribution in [0.5, 0.6) is 0 Å². The number of carboxylic acids is 2. The quantitative estimate of drug-likeness (QED) is 0.722. The fraction of sp³-hybridized carbons (Fsp3) is 0.308. The maximum Gasteiger partial charge on any atom is 0.317 e. The van der Waals surface area contributed by atoms with Crippen molar-refractivity contribution in [3.63, 3.8) is 0 Å². The number of aromatic nitrogens is 2. The number of aliphatic carboxylic acids is 2. The monoisotopic (exact) mass is 277 g/mol. The predicted octanol–water partition coefficient (Wildman–Crippen LogP) is 0.843. The van der Waals surface area contributed by atoms with E-state index in [0.717, 1.165) is 16.6 Å². The molecular formula is C13H15N3O4. The van der Waals surface area contributed by atoms with Crippen molar-refractivity contribution in [3.8, 4) is 0 Å². The lowest BCUT2D eigenvalue weighted by atomic mass is 10.2. The van der Waals surface area contributed by atoms with Crippen molar-refractivity contribution < 1.29 is 19.8 Å². The molecule has 2 rings (SSSR count). The number of carboxylic acid groups (broad SMARTS) is 2. The van der Waals surface area contributed by atoms with Crippen molar-refractivity contribution in [2.45, 2.75) is 13.5 Å². The van der Waals surface area contributed by atoms with Gasteiger partial charge in [-0.2, -0.15) is 0 Å². The molecule has 0 atom stereocenters. The molecule has 0 spiro atoms. The van der Waals surface area contributed by atoms with Gasteiger partial charge in [-0.25, -0.2) is 4.98 Å². The third-order valence-corrected chi connectivity index (χ3v) is 2.78. The molecular weight excluding hydrogens is 262 g/mol. The standard InChI is InChI=1S/C13H15N3O4/c1-8-2-3-9-10(4-8)15-11(14-9)5-16(6-12(17)18)7-13(19)20/h2-4H,5-7H2,1H3,(H,14,15)(H,17,18)(H,19,20). The van der Waals surface area contributed by atoms with Crippen molar-refractivity contribution >= 4 is 23.0 Å². The molecule has 0 fully saturated rings. The van der Waals surface area contributed by atoms with E-state index in [9.17, 15) is 9.59 Å². The molecule has 2 aromatic rings. The Morgan fingerprint density at radius 2 is 1.90 bits per heavy atom. The zero-order valence-corrected chi connectivity index (χ0v) is 11.0. The molecule has 7 nitrogen and oxygen atoms in total. The Labute approximate surface area is 114 Å². The average Bonchev–Trinajstić information content (AvgIpc) is 2.68. The highest BCUT2D eigenvalue weighted by Crippen LogP contribution is 2.14. The Hall–Kier alpha value is -2.41. The highest BCUT2D eigenvalue weighted by Gasteiger charge is 2.15. The summed E-state index contributed by atoms with van der Waals surface area (Å²) < 4.78 is 0.